The van der Waals surface area contributed by atoms with Crippen molar-refractivity contribution >= 4 is 17.8 Å². The summed E-state index contributed by atoms with van der Waals surface area (Å²) in [6, 6.07) is 0. The van der Waals surface area contributed by atoms with E-state index in [4.69, 9.17) is 4.74 Å². The van der Waals surface area contributed by atoms with Crippen molar-refractivity contribution in [2.75, 3.05) is 6.54 Å². The molecule has 5 nitrogen and oxygen atoms in total. The molecule has 2 fully saturated rings. The van der Waals surface area contributed by atoms with Gasteiger partial charge in [0.05, 0.1) is 18.3 Å². The minimum absolute atomic E-state index is 0.0841. The number of fused-ring (bicyclic) bond motifs is 1. The average Bonchev–Trinajstić information content (AvgIpc) is 2.75. The lowest BCUT2D eigenvalue weighted by atomic mass is 9.76. The van der Waals surface area contributed by atoms with E-state index in [1.54, 1.807) is 0 Å². The fourth-order valence-electron chi connectivity index (χ4n) is 4.76. The van der Waals surface area contributed by atoms with Crippen LogP contribution in [-0.2, 0) is 19.1 Å². The molecule has 0 radical (unpaired) electrons. The second-order valence-electron chi connectivity index (χ2n) is 8.66. The lowest BCUT2D eigenvalue weighted by molar-refractivity contribution is -0.149. The zero-order valence-corrected chi connectivity index (χ0v) is 15.5. The van der Waals surface area contributed by atoms with Gasteiger partial charge in [0.15, 0.2) is 0 Å². The van der Waals surface area contributed by atoms with E-state index in [2.05, 4.69) is 20.8 Å². The van der Waals surface area contributed by atoms with Crippen LogP contribution in [-0.4, -0.2) is 35.3 Å². The lowest BCUT2D eigenvalue weighted by Crippen LogP contribution is -2.34. The third-order valence-corrected chi connectivity index (χ3v) is 5.74. The highest BCUT2D eigenvalue weighted by Crippen LogP contribution is 2.38. The van der Waals surface area contributed by atoms with E-state index < -0.39 is 0 Å². The van der Waals surface area contributed by atoms with Crippen molar-refractivity contribution in [1.29, 1.82) is 0 Å². The molecule has 2 aliphatic carbocycles. The highest BCUT2D eigenvalue weighted by Gasteiger charge is 2.47. The molecule has 0 aromatic rings. The molecule has 1 saturated heterocycles. The van der Waals surface area contributed by atoms with Gasteiger partial charge in [-0.2, -0.15) is 0 Å². The van der Waals surface area contributed by atoms with Crippen molar-refractivity contribution in [2.24, 2.45) is 17.3 Å². The van der Waals surface area contributed by atoms with Crippen LogP contribution in [0.25, 0.3) is 0 Å². The van der Waals surface area contributed by atoms with Gasteiger partial charge in [0.25, 0.3) is 0 Å². The Morgan fingerprint density at radius 1 is 1.20 bits per heavy atom. The molecule has 5 heteroatoms. The Morgan fingerprint density at radius 3 is 2.36 bits per heavy atom. The summed E-state index contributed by atoms with van der Waals surface area (Å²) in [5.41, 5.74) is 1.36. The van der Waals surface area contributed by atoms with Crippen LogP contribution in [0.2, 0.25) is 0 Å². The summed E-state index contributed by atoms with van der Waals surface area (Å²) < 4.78 is 5.58. The molecule has 3 rings (SSSR count). The zero-order valence-electron chi connectivity index (χ0n) is 15.5. The topological polar surface area (TPSA) is 63.7 Å². The second-order valence-corrected chi connectivity index (χ2v) is 8.66. The second kappa shape index (κ2) is 6.93. The molecular weight excluding hydrogens is 318 g/mol. The Bertz CT molecular complexity index is 583. The molecule has 0 aromatic carbocycles. The monoisotopic (exact) mass is 347 g/mol. The van der Waals surface area contributed by atoms with Crippen molar-refractivity contribution in [2.45, 2.75) is 71.8 Å². The van der Waals surface area contributed by atoms with Crippen molar-refractivity contribution in [1.82, 2.24) is 4.90 Å². The first kappa shape index (κ1) is 18.2. The van der Waals surface area contributed by atoms with E-state index >= 15 is 0 Å². The number of imide groups is 1. The smallest absolute Gasteiger partial charge is 0.308 e. The van der Waals surface area contributed by atoms with E-state index in [0.717, 1.165) is 38.5 Å². The quantitative estimate of drug-likeness (QED) is 0.445. The SMILES string of the molecule is CC1=C[C@H](OC(=O)CCN2C(=O)[C@H]3CCCC[C@@H]3C2=O)CC(C)(C)C1. The molecule has 1 aliphatic heterocycles. The van der Waals surface area contributed by atoms with Gasteiger partial charge in [-0.05, 0) is 44.1 Å². The summed E-state index contributed by atoms with van der Waals surface area (Å²) in [6.45, 7) is 6.56. The van der Waals surface area contributed by atoms with Crippen molar-refractivity contribution in [3.63, 3.8) is 0 Å². The number of hydrogen-bond donors (Lipinski definition) is 0. The predicted molar refractivity (Wildman–Crippen MR) is 93.4 cm³/mol. The molecule has 0 N–H and O–H groups in total. The number of ether oxygens (including phenoxy) is 1. The standard InChI is InChI=1S/C20H29NO4/c1-13-10-14(12-20(2,3)11-13)25-17(22)8-9-21-18(23)15-6-4-5-7-16(15)19(21)24/h10,14-16H,4-9,11-12H2,1-3H3/t14-,15-,16-/m0/s1. The van der Waals surface area contributed by atoms with Crippen molar-refractivity contribution in [3.8, 4) is 0 Å². The Morgan fingerprint density at radius 2 is 1.80 bits per heavy atom. The maximum atomic E-state index is 12.4. The van der Waals surface area contributed by atoms with Crippen LogP contribution in [0.3, 0.4) is 0 Å². The number of amides is 2. The maximum Gasteiger partial charge on any atom is 0.308 e. The summed E-state index contributed by atoms with van der Waals surface area (Å²) in [5, 5.41) is 0. The molecule has 0 aromatic heterocycles. The third kappa shape index (κ3) is 3.96. The first-order valence-corrected chi connectivity index (χ1v) is 9.49. The van der Waals surface area contributed by atoms with Crippen LogP contribution in [0.15, 0.2) is 11.6 Å². The van der Waals surface area contributed by atoms with Gasteiger partial charge in [-0.1, -0.05) is 32.3 Å². The van der Waals surface area contributed by atoms with E-state index in [1.807, 2.05) is 6.08 Å². The number of carbonyl (C=O) groups is 3. The number of nitrogens with zero attached hydrogens (tertiary/aromatic N) is 1. The summed E-state index contributed by atoms with van der Waals surface area (Å²) in [6.07, 6.45) is 7.35. The van der Waals surface area contributed by atoms with Crippen LogP contribution in [0.5, 0.6) is 0 Å². The minimum Gasteiger partial charge on any atom is -0.458 e. The van der Waals surface area contributed by atoms with E-state index in [0.29, 0.717) is 0 Å². The number of hydrogen-bond acceptors (Lipinski definition) is 4. The molecule has 138 valence electrons. The predicted octanol–water partition coefficient (Wildman–Crippen LogP) is 3.23. The summed E-state index contributed by atoms with van der Waals surface area (Å²) in [4.78, 5) is 38.4. The number of allylic oxidation sites excluding steroid dienone is 1. The molecule has 25 heavy (non-hydrogen) atoms. The average molecular weight is 347 g/mol. The zero-order chi connectivity index (χ0) is 18.2. The number of esters is 1. The molecule has 3 atom stereocenters. The van der Waals surface area contributed by atoms with Crippen LogP contribution < -0.4 is 0 Å². The molecule has 3 aliphatic rings. The normalized spacial score (nSPS) is 31.6. The molecule has 0 bridgehead atoms. The van der Waals surface area contributed by atoms with Gasteiger partial charge >= 0.3 is 5.97 Å². The minimum atomic E-state index is -0.331. The summed E-state index contributed by atoms with van der Waals surface area (Å²) in [7, 11) is 0. The van der Waals surface area contributed by atoms with Crippen LogP contribution in [0, 0.1) is 17.3 Å². The fourth-order valence-corrected chi connectivity index (χ4v) is 4.76. The van der Waals surface area contributed by atoms with Gasteiger partial charge in [0, 0.05) is 6.54 Å². The van der Waals surface area contributed by atoms with Crippen LogP contribution >= 0.6 is 0 Å². The Hall–Kier alpha value is -1.65. The number of likely N-dealkylation sites (tertiary alicyclic amines) is 1. The largest absolute Gasteiger partial charge is 0.458 e. The molecule has 0 unspecified atom stereocenters. The number of rotatable bonds is 4. The Balaban J connectivity index is 1.53. The highest BCUT2D eigenvalue weighted by atomic mass is 16.5. The molecule has 1 heterocycles. The van der Waals surface area contributed by atoms with Gasteiger partial charge in [-0.25, -0.2) is 0 Å². The van der Waals surface area contributed by atoms with Gasteiger partial charge in [0.2, 0.25) is 11.8 Å². The molecule has 0 spiro atoms. The third-order valence-electron chi connectivity index (χ3n) is 5.74. The number of carbonyl (C=O) groups excluding carboxylic acids is 3. The Kier molecular flexibility index (Phi) is 5.03. The van der Waals surface area contributed by atoms with Crippen molar-refractivity contribution < 1.29 is 19.1 Å². The van der Waals surface area contributed by atoms with Gasteiger partial charge in [0.1, 0.15) is 6.10 Å². The van der Waals surface area contributed by atoms with Gasteiger partial charge in [-0.3, -0.25) is 19.3 Å². The van der Waals surface area contributed by atoms with Gasteiger partial charge in [-0.15, -0.1) is 0 Å². The molecule has 1 saturated carbocycles. The highest BCUT2D eigenvalue weighted by molar-refractivity contribution is 6.05. The van der Waals surface area contributed by atoms with Crippen LogP contribution in [0.1, 0.15) is 65.7 Å². The van der Waals surface area contributed by atoms with Gasteiger partial charge < -0.3 is 4.74 Å². The fraction of sp³-hybridized carbons (Fsp3) is 0.750. The van der Waals surface area contributed by atoms with E-state index in [-0.39, 0.29) is 54.1 Å². The van der Waals surface area contributed by atoms with E-state index in [9.17, 15) is 14.4 Å². The maximum absolute atomic E-state index is 12.4. The Labute approximate surface area is 149 Å². The lowest BCUT2D eigenvalue weighted by Gasteiger charge is -2.33. The summed E-state index contributed by atoms with van der Waals surface area (Å²) >= 11 is 0. The van der Waals surface area contributed by atoms with Crippen LogP contribution in [0.4, 0.5) is 0 Å². The first-order chi connectivity index (χ1) is 11.8. The van der Waals surface area contributed by atoms with Crippen molar-refractivity contribution in [3.05, 3.63) is 11.6 Å². The molecule has 2 amide bonds. The van der Waals surface area contributed by atoms with E-state index in [1.165, 1.54) is 10.5 Å². The first-order valence-electron chi connectivity index (χ1n) is 9.49. The summed E-state index contributed by atoms with van der Waals surface area (Å²) in [5.74, 6) is -0.805. The molecular formula is C20H29NO4.